The molecule has 1 N–H and O–H groups in total. The van der Waals surface area contributed by atoms with E-state index in [0.29, 0.717) is 6.04 Å². The second-order valence-electron chi connectivity index (χ2n) is 4.71. The maximum absolute atomic E-state index is 5.71. The van der Waals surface area contributed by atoms with Crippen LogP contribution in [0.3, 0.4) is 0 Å². The Kier molecular flexibility index (Phi) is 2.87. The fourth-order valence-corrected chi connectivity index (χ4v) is 2.66. The van der Waals surface area contributed by atoms with E-state index < -0.39 is 0 Å². The number of nitrogens with one attached hydrogen (secondary N) is 1. The molecule has 1 aliphatic rings. The number of aryl methyl sites for hydroxylation is 2. The lowest BCUT2D eigenvalue weighted by atomic mass is 9.76. The Morgan fingerprint density at radius 2 is 1.87 bits per heavy atom. The lowest BCUT2D eigenvalue weighted by molar-refractivity contribution is 0.237. The van der Waals surface area contributed by atoms with E-state index >= 15 is 0 Å². The van der Waals surface area contributed by atoms with Crippen molar-refractivity contribution in [3.8, 4) is 0 Å². The van der Waals surface area contributed by atoms with Gasteiger partial charge in [0.15, 0.2) is 0 Å². The van der Waals surface area contributed by atoms with Crippen LogP contribution >= 0.6 is 0 Å². The smallest absolute Gasteiger partial charge is 0.106 e. The van der Waals surface area contributed by atoms with Crippen LogP contribution in [-0.2, 0) is 0 Å². The topological polar surface area (TPSA) is 25.2 Å². The van der Waals surface area contributed by atoms with Crippen molar-refractivity contribution in [2.45, 2.75) is 46.1 Å². The van der Waals surface area contributed by atoms with Gasteiger partial charge in [0, 0.05) is 11.6 Å². The molecule has 0 radical (unpaired) electrons. The average molecular weight is 207 g/mol. The summed E-state index contributed by atoms with van der Waals surface area (Å²) in [5, 5.41) is 3.46. The molecular weight excluding hydrogens is 186 g/mol. The highest BCUT2D eigenvalue weighted by molar-refractivity contribution is 5.35. The minimum Gasteiger partial charge on any atom is -0.466 e. The van der Waals surface area contributed by atoms with E-state index in [2.05, 4.69) is 33.1 Å². The van der Waals surface area contributed by atoms with Gasteiger partial charge in [-0.05, 0) is 52.1 Å². The molecule has 2 nitrogen and oxygen atoms in total. The summed E-state index contributed by atoms with van der Waals surface area (Å²) < 4.78 is 5.71. The van der Waals surface area contributed by atoms with Gasteiger partial charge in [0.1, 0.15) is 11.5 Å². The van der Waals surface area contributed by atoms with E-state index in [0.717, 1.165) is 17.4 Å². The molecule has 0 amide bonds. The highest BCUT2D eigenvalue weighted by atomic mass is 16.3. The van der Waals surface area contributed by atoms with Crippen molar-refractivity contribution in [3.05, 3.63) is 22.6 Å². The number of furan rings is 1. The van der Waals surface area contributed by atoms with E-state index in [1.807, 2.05) is 0 Å². The number of hydrogen-bond acceptors (Lipinski definition) is 2. The second-order valence-corrected chi connectivity index (χ2v) is 4.71. The highest BCUT2D eigenvalue weighted by Crippen LogP contribution is 2.40. The molecule has 2 heteroatoms. The van der Waals surface area contributed by atoms with Crippen LogP contribution in [-0.4, -0.2) is 7.05 Å². The van der Waals surface area contributed by atoms with Crippen LogP contribution in [0.4, 0.5) is 0 Å². The van der Waals surface area contributed by atoms with E-state index in [1.54, 1.807) is 0 Å². The Morgan fingerprint density at radius 3 is 2.20 bits per heavy atom. The van der Waals surface area contributed by atoms with Crippen molar-refractivity contribution in [3.63, 3.8) is 0 Å². The summed E-state index contributed by atoms with van der Waals surface area (Å²) in [5.41, 5.74) is 2.73. The molecule has 1 heterocycles. The summed E-state index contributed by atoms with van der Waals surface area (Å²) in [6, 6.07) is 0.496. The Morgan fingerprint density at radius 1 is 1.20 bits per heavy atom. The normalized spacial score (nSPS) is 18.9. The van der Waals surface area contributed by atoms with Crippen LogP contribution in [0.1, 0.15) is 48.0 Å². The molecule has 1 unspecified atom stereocenters. The summed E-state index contributed by atoms with van der Waals surface area (Å²) in [7, 11) is 2.06. The first-order chi connectivity index (χ1) is 7.15. The third-order valence-corrected chi connectivity index (χ3v) is 3.86. The molecule has 15 heavy (non-hydrogen) atoms. The number of rotatable bonds is 3. The largest absolute Gasteiger partial charge is 0.466 e. The van der Waals surface area contributed by atoms with Crippen molar-refractivity contribution in [1.82, 2.24) is 5.32 Å². The maximum atomic E-state index is 5.71. The van der Waals surface area contributed by atoms with E-state index in [1.165, 1.54) is 30.4 Å². The molecule has 1 aromatic rings. The van der Waals surface area contributed by atoms with Crippen molar-refractivity contribution in [2.24, 2.45) is 5.92 Å². The molecular formula is C13H21NO. The lowest BCUT2D eigenvalue weighted by Crippen LogP contribution is -2.30. The van der Waals surface area contributed by atoms with Gasteiger partial charge in [0.25, 0.3) is 0 Å². The molecule has 84 valence electrons. The Labute approximate surface area is 92.1 Å². The van der Waals surface area contributed by atoms with Gasteiger partial charge in [-0.3, -0.25) is 0 Å². The van der Waals surface area contributed by atoms with Crippen LogP contribution in [0.15, 0.2) is 4.42 Å². The average Bonchev–Trinajstić information content (AvgIpc) is 2.35. The molecule has 0 bridgehead atoms. The third-order valence-electron chi connectivity index (χ3n) is 3.86. The molecule has 1 saturated carbocycles. The molecule has 1 aliphatic carbocycles. The van der Waals surface area contributed by atoms with Crippen LogP contribution in [0.5, 0.6) is 0 Å². The SMILES string of the molecule is CNC(c1c(C)oc(C)c1C)C1CCC1. The zero-order valence-corrected chi connectivity index (χ0v) is 10.2. The zero-order chi connectivity index (χ0) is 11.0. The van der Waals surface area contributed by atoms with Gasteiger partial charge in [-0.25, -0.2) is 0 Å². The summed E-state index contributed by atoms with van der Waals surface area (Å²) in [5.74, 6) is 2.97. The van der Waals surface area contributed by atoms with E-state index in [4.69, 9.17) is 4.42 Å². The minimum atomic E-state index is 0.496. The summed E-state index contributed by atoms with van der Waals surface area (Å²) in [6.45, 7) is 6.31. The first-order valence-electron chi connectivity index (χ1n) is 5.89. The van der Waals surface area contributed by atoms with Gasteiger partial charge < -0.3 is 9.73 Å². The van der Waals surface area contributed by atoms with Crippen LogP contribution < -0.4 is 5.32 Å². The van der Waals surface area contributed by atoms with Gasteiger partial charge in [-0.1, -0.05) is 6.42 Å². The molecule has 1 fully saturated rings. The predicted octanol–water partition coefficient (Wildman–Crippen LogP) is 3.27. The Bertz CT molecular complexity index is 350. The molecule has 2 rings (SSSR count). The Balaban J connectivity index is 2.32. The van der Waals surface area contributed by atoms with Crippen molar-refractivity contribution < 1.29 is 4.42 Å². The molecule has 0 saturated heterocycles. The van der Waals surface area contributed by atoms with Crippen molar-refractivity contribution in [1.29, 1.82) is 0 Å². The quantitative estimate of drug-likeness (QED) is 0.823. The monoisotopic (exact) mass is 207 g/mol. The fraction of sp³-hybridized carbons (Fsp3) is 0.692. The zero-order valence-electron chi connectivity index (χ0n) is 10.2. The van der Waals surface area contributed by atoms with Crippen LogP contribution in [0.25, 0.3) is 0 Å². The molecule has 1 aromatic heterocycles. The van der Waals surface area contributed by atoms with Crippen molar-refractivity contribution >= 4 is 0 Å². The first-order valence-corrected chi connectivity index (χ1v) is 5.89. The number of hydrogen-bond donors (Lipinski definition) is 1. The first kappa shape index (κ1) is 10.7. The predicted molar refractivity (Wildman–Crippen MR) is 62.1 cm³/mol. The van der Waals surface area contributed by atoms with E-state index in [9.17, 15) is 0 Å². The summed E-state index contributed by atoms with van der Waals surface area (Å²) in [6.07, 6.45) is 4.10. The minimum absolute atomic E-state index is 0.496. The van der Waals surface area contributed by atoms with Gasteiger partial charge in [-0.15, -0.1) is 0 Å². The van der Waals surface area contributed by atoms with Gasteiger partial charge in [0.05, 0.1) is 0 Å². The van der Waals surface area contributed by atoms with Crippen molar-refractivity contribution in [2.75, 3.05) is 7.05 Å². The maximum Gasteiger partial charge on any atom is 0.106 e. The van der Waals surface area contributed by atoms with Crippen LogP contribution in [0, 0.1) is 26.7 Å². The summed E-state index contributed by atoms with van der Waals surface area (Å²) >= 11 is 0. The summed E-state index contributed by atoms with van der Waals surface area (Å²) in [4.78, 5) is 0. The Hall–Kier alpha value is -0.760. The molecule has 1 atom stereocenters. The van der Waals surface area contributed by atoms with Gasteiger partial charge in [0.2, 0.25) is 0 Å². The van der Waals surface area contributed by atoms with Crippen LogP contribution in [0.2, 0.25) is 0 Å². The molecule has 0 aromatic carbocycles. The lowest BCUT2D eigenvalue weighted by Gasteiger charge is -2.34. The third kappa shape index (κ3) is 1.71. The van der Waals surface area contributed by atoms with Gasteiger partial charge in [-0.2, -0.15) is 0 Å². The molecule has 0 spiro atoms. The standard InChI is InChI=1S/C13H21NO/c1-8-9(2)15-10(3)12(8)13(14-4)11-6-5-7-11/h11,13-14H,5-7H2,1-4H3. The fourth-order valence-electron chi connectivity index (χ4n) is 2.66. The van der Waals surface area contributed by atoms with E-state index in [-0.39, 0.29) is 0 Å². The van der Waals surface area contributed by atoms with Gasteiger partial charge >= 0.3 is 0 Å². The molecule has 0 aliphatic heterocycles. The highest BCUT2D eigenvalue weighted by Gasteiger charge is 2.31. The second kappa shape index (κ2) is 4.01.